The molecule has 0 saturated heterocycles. The Morgan fingerprint density at radius 3 is 2.75 bits per heavy atom. The van der Waals surface area contributed by atoms with Crippen LogP contribution in [0, 0.1) is 0 Å². The van der Waals surface area contributed by atoms with Gasteiger partial charge in [-0.3, -0.25) is 4.79 Å². The summed E-state index contributed by atoms with van der Waals surface area (Å²) in [4.78, 5) is 18.0. The van der Waals surface area contributed by atoms with E-state index >= 15 is 0 Å². The van der Waals surface area contributed by atoms with E-state index in [9.17, 15) is 4.79 Å². The van der Waals surface area contributed by atoms with Crippen LogP contribution in [0.4, 0.5) is 5.82 Å². The molecule has 5 heteroatoms. The number of pyridine rings is 1. The van der Waals surface area contributed by atoms with Crippen molar-refractivity contribution in [2.45, 2.75) is 40.2 Å². The second kappa shape index (κ2) is 8.40. The minimum Gasteiger partial charge on any atom is -0.490 e. The molecule has 0 atom stereocenters. The van der Waals surface area contributed by atoms with Crippen molar-refractivity contribution >= 4 is 11.8 Å². The number of anilines is 1. The van der Waals surface area contributed by atoms with Crippen LogP contribution in [0.1, 0.15) is 34.1 Å². The molecule has 20 heavy (non-hydrogen) atoms. The van der Waals surface area contributed by atoms with Crippen LogP contribution >= 0.6 is 0 Å². The van der Waals surface area contributed by atoms with Gasteiger partial charge in [-0.05, 0) is 39.3 Å². The highest BCUT2D eigenvalue weighted by atomic mass is 16.5. The summed E-state index contributed by atoms with van der Waals surface area (Å²) in [5.41, 5.74) is 0. The van der Waals surface area contributed by atoms with Crippen LogP contribution in [0.15, 0.2) is 18.3 Å². The third-order valence-electron chi connectivity index (χ3n) is 2.71. The first-order chi connectivity index (χ1) is 9.60. The van der Waals surface area contributed by atoms with Crippen LogP contribution in [0.3, 0.4) is 0 Å². The van der Waals surface area contributed by atoms with Crippen LogP contribution in [-0.2, 0) is 9.53 Å². The lowest BCUT2D eigenvalue weighted by molar-refractivity contribution is -0.141. The summed E-state index contributed by atoms with van der Waals surface area (Å²) in [7, 11) is 0. The minimum atomic E-state index is -0.256. The van der Waals surface area contributed by atoms with E-state index in [2.05, 4.69) is 11.9 Å². The van der Waals surface area contributed by atoms with Crippen molar-refractivity contribution in [2.24, 2.45) is 0 Å². The molecule has 0 bridgehead atoms. The van der Waals surface area contributed by atoms with Crippen molar-refractivity contribution in [1.82, 2.24) is 4.98 Å². The molecule has 1 heterocycles. The third-order valence-corrected chi connectivity index (χ3v) is 2.71. The highest BCUT2D eigenvalue weighted by molar-refractivity contribution is 5.76. The molecular formula is C15H24N2O3. The molecule has 0 aliphatic heterocycles. The molecule has 0 fully saturated rings. The number of carbonyl (C=O) groups excluding carboxylic acids is 1. The smallest absolute Gasteiger partial charge is 0.325 e. The third kappa shape index (κ3) is 4.72. The predicted octanol–water partition coefficient (Wildman–Crippen LogP) is 2.65. The monoisotopic (exact) mass is 280 g/mol. The van der Waals surface area contributed by atoms with E-state index in [-0.39, 0.29) is 18.6 Å². The zero-order chi connectivity index (χ0) is 15.0. The zero-order valence-electron chi connectivity index (χ0n) is 12.8. The van der Waals surface area contributed by atoms with E-state index in [1.54, 1.807) is 13.1 Å². The van der Waals surface area contributed by atoms with Gasteiger partial charge in [0.1, 0.15) is 6.54 Å². The summed E-state index contributed by atoms with van der Waals surface area (Å²) < 4.78 is 10.7. The van der Waals surface area contributed by atoms with E-state index in [1.165, 1.54) is 0 Å². The summed E-state index contributed by atoms with van der Waals surface area (Å²) in [6.45, 7) is 9.05. The maximum atomic E-state index is 11.7. The van der Waals surface area contributed by atoms with Gasteiger partial charge >= 0.3 is 5.97 Å². The van der Waals surface area contributed by atoms with Gasteiger partial charge in [-0.1, -0.05) is 6.92 Å². The maximum absolute atomic E-state index is 11.7. The second-order valence-electron chi connectivity index (χ2n) is 4.70. The molecule has 0 aliphatic carbocycles. The molecule has 0 aliphatic rings. The molecule has 0 unspecified atom stereocenters. The quantitative estimate of drug-likeness (QED) is 0.685. The highest BCUT2D eigenvalue weighted by Gasteiger charge is 2.20. The molecule has 0 aromatic carbocycles. The first-order valence-corrected chi connectivity index (χ1v) is 7.10. The number of aromatic nitrogens is 1. The molecular weight excluding hydrogens is 256 g/mol. The molecule has 1 aromatic heterocycles. The number of hydrogen-bond acceptors (Lipinski definition) is 5. The van der Waals surface area contributed by atoms with Crippen molar-refractivity contribution in [1.29, 1.82) is 0 Å². The largest absolute Gasteiger partial charge is 0.490 e. The Bertz CT molecular complexity index is 421. The van der Waals surface area contributed by atoms with Crippen LogP contribution in [0.2, 0.25) is 0 Å². The molecule has 0 N–H and O–H groups in total. The van der Waals surface area contributed by atoms with Crippen molar-refractivity contribution in [2.75, 3.05) is 24.7 Å². The van der Waals surface area contributed by atoms with Crippen molar-refractivity contribution in [3.05, 3.63) is 18.3 Å². The lowest BCUT2D eigenvalue weighted by Gasteiger charge is -2.28. The second-order valence-corrected chi connectivity index (χ2v) is 4.70. The van der Waals surface area contributed by atoms with Gasteiger partial charge in [0.15, 0.2) is 11.6 Å². The standard InChI is InChI=1S/C15H24N2O3/c1-5-10-20-13-8-7-9-16-15(13)17(12(3)4)11-14(18)19-6-2/h7-9,12H,5-6,10-11H2,1-4H3. The van der Waals surface area contributed by atoms with Gasteiger partial charge in [0.2, 0.25) is 0 Å². The summed E-state index contributed by atoms with van der Waals surface area (Å²) in [6.07, 6.45) is 2.63. The number of nitrogens with zero attached hydrogens (tertiary/aromatic N) is 2. The molecule has 1 rings (SSSR count). The summed E-state index contributed by atoms with van der Waals surface area (Å²) in [5, 5.41) is 0. The van der Waals surface area contributed by atoms with Gasteiger partial charge in [-0.25, -0.2) is 4.98 Å². The van der Waals surface area contributed by atoms with Gasteiger partial charge in [0, 0.05) is 12.2 Å². The van der Waals surface area contributed by atoms with Gasteiger partial charge < -0.3 is 14.4 Å². The maximum Gasteiger partial charge on any atom is 0.325 e. The molecule has 0 spiro atoms. The van der Waals surface area contributed by atoms with Crippen LogP contribution in [-0.4, -0.2) is 36.8 Å². The van der Waals surface area contributed by atoms with Crippen molar-refractivity contribution < 1.29 is 14.3 Å². The number of esters is 1. The Morgan fingerprint density at radius 2 is 2.15 bits per heavy atom. The number of rotatable bonds is 8. The van der Waals surface area contributed by atoms with E-state index in [4.69, 9.17) is 9.47 Å². The van der Waals surface area contributed by atoms with E-state index < -0.39 is 0 Å². The fourth-order valence-corrected chi connectivity index (χ4v) is 1.77. The van der Waals surface area contributed by atoms with Gasteiger partial charge in [-0.15, -0.1) is 0 Å². The number of carbonyl (C=O) groups is 1. The normalized spacial score (nSPS) is 10.4. The Hall–Kier alpha value is -1.78. The molecule has 0 saturated carbocycles. The van der Waals surface area contributed by atoms with Gasteiger partial charge in [0.05, 0.1) is 13.2 Å². The van der Waals surface area contributed by atoms with Crippen LogP contribution in [0.25, 0.3) is 0 Å². The Kier molecular flexibility index (Phi) is 6.84. The van der Waals surface area contributed by atoms with Crippen molar-refractivity contribution in [3.63, 3.8) is 0 Å². The highest BCUT2D eigenvalue weighted by Crippen LogP contribution is 2.26. The molecule has 5 nitrogen and oxygen atoms in total. The van der Waals surface area contributed by atoms with E-state index in [0.29, 0.717) is 24.8 Å². The van der Waals surface area contributed by atoms with Crippen LogP contribution < -0.4 is 9.64 Å². The number of ether oxygens (including phenoxy) is 2. The lowest BCUT2D eigenvalue weighted by atomic mass is 10.3. The minimum absolute atomic E-state index is 0.123. The summed E-state index contributed by atoms with van der Waals surface area (Å²) in [5.74, 6) is 1.13. The average molecular weight is 280 g/mol. The summed E-state index contributed by atoms with van der Waals surface area (Å²) >= 11 is 0. The van der Waals surface area contributed by atoms with Crippen LogP contribution in [0.5, 0.6) is 5.75 Å². The molecule has 112 valence electrons. The Morgan fingerprint density at radius 1 is 1.40 bits per heavy atom. The summed E-state index contributed by atoms with van der Waals surface area (Å²) in [6, 6.07) is 3.83. The zero-order valence-corrected chi connectivity index (χ0v) is 12.8. The first kappa shape index (κ1) is 16.3. The first-order valence-electron chi connectivity index (χ1n) is 7.10. The fourth-order valence-electron chi connectivity index (χ4n) is 1.77. The fraction of sp³-hybridized carbons (Fsp3) is 0.600. The Labute approximate surface area is 120 Å². The SMILES string of the molecule is CCCOc1cccnc1N(CC(=O)OCC)C(C)C. The van der Waals surface area contributed by atoms with Gasteiger partial charge in [0.25, 0.3) is 0 Å². The molecule has 1 aromatic rings. The molecule has 0 amide bonds. The van der Waals surface area contributed by atoms with Crippen molar-refractivity contribution in [3.8, 4) is 5.75 Å². The number of hydrogen-bond donors (Lipinski definition) is 0. The van der Waals surface area contributed by atoms with Gasteiger partial charge in [-0.2, -0.15) is 0 Å². The topological polar surface area (TPSA) is 51.7 Å². The van der Waals surface area contributed by atoms with E-state index in [1.807, 2.05) is 30.9 Å². The lowest BCUT2D eigenvalue weighted by Crippen LogP contribution is -2.37. The van der Waals surface area contributed by atoms with E-state index in [0.717, 1.165) is 6.42 Å². The average Bonchev–Trinajstić information content (AvgIpc) is 2.43. The Balaban J connectivity index is 2.93. The predicted molar refractivity (Wildman–Crippen MR) is 79.1 cm³/mol. The molecule has 0 radical (unpaired) electrons.